The fourth-order valence-electron chi connectivity index (χ4n) is 2.95. The van der Waals surface area contributed by atoms with Gasteiger partial charge in [-0.3, -0.25) is 25.2 Å². The van der Waals surface area contributed by atoms with Gasteiger partial charge in [0.25, 0.3) is 5.91 Å². The van der Waals surface area contributed by atoms with E-state index in [4.69, 9.17) is 12.2 Å². The van der Waals surface area contributed by atoms with Gasteiger partial charge < -0.3 is 10.6 Å². The lowest BCUT2D eigenvalue weighted by Gasteiger charge is -2.20. The standard InChI is InChI=1S/C19H26N4O3S/c1-2-6-16(24)21-19(27)23-22-18(26)14-9-11-15(12-10-14)20-17(25)13-7-4-3-5-8-13/h9-13H,2-8H2,1H3,(H,20,25)(H,22,26)(H2,21,23,24,27). The molecule has 0 aromatic heterocycles. The number of benzene rings is 1. The molecule has 3 amide bonds. The van der Waals surface area contributed by atoms with Gasteiger partial charge in [-0.1, -0.05) is 26.2 Å². The van der Waals surface area contributed by atoms with Crippen molar-refractivity contribution in [2.24, 2.45) is 5.92 Å². The van der Waals surface area contributed by atoms with Gasteiger partial charge in [0, 0.05) is 23.6 Å². The van der Waals surface area contributed by atoms with Gasteiger partial charge in [0.05, 0.1) is 0 Å². The van der Waals surface area contributed by atoms with E-state index in [1.807, 2.05) is 6.92 Å². The Bertz CT molecular complexity index is 685. The van der Waals surface area contributed by atoms with Gasteiger partial charge in [-0.2, -0.15) is 0 Å². The molecule has 0 saturated heterocycles. The average Bonchev–Trinajstić information content (AvgIpc) is 2.67. The Balaban J connectivity index is 1.79. The lowest BCUT2D eigenvalue weighted by molar-refractivity contribution is -0.121. The first-order valence-electron chi connectivity index (χ1n) is 9.30. The van der Waals surface area contributed by atoms with Gasteiger partial charge in [-0.15, -0.1) is 0 Å². The first-order valence-corrected chi connectivity index (χ1v) is 9.71. The van der Waals surface area contributed by atoms with Crippen molar-refractivity contribution < 1.29 is 14.4 Å². The maximum absolute atomic E-state index is 12.2. The molecule has 0 heterocycles. The Kier molecular flexibility index (Phi) is 8.19. The number of thiocarbonyl (C=S) groups is 1. The summed E-state index contributed by atoms with van der Waals surface area (Å²) in [7, 11) is 0. The molecule has 7 nitrogen and oxygen atoms in total. The molecule has 0 spiro atoms. The summed E-state index contributed by atoms with van der Waals surface area (Å²) in [6.45, 7) is 1.89. The van der Waals surface area contributed by atoms with Gasteiger partial charge in [-0.05, 0) is 55.7 Å². The van der Waals surface area contributed by atoms with Crippen LogP contribution in [0.4, 0.5) is 5.69 Å². The Morgan fingerprint density at radius 3 is 2.33 bits per heavy atom. The van der Waals surface area contributed by atoms with E-state index in [1.54, 1.807) is 24.3 Å². The predicted octanol–water partition coefficient (Wildman–Crippen LogP) is 2.64. The summed E-state index contributed by atoms with van der Waals surface area (Å²) in [4.78, 5) is 35.8. The van der Waals surface area contributed by atoms with Crippen molar-refractivity contribution in [1.29, 1.82) is 0 Å². The van der Waals surface area contributed by atoms with Gasteiger partial charge in [0.15, 0.2) is 5.11 Å². The Morgan fingerprint density at radius 1 is 1.04 bits per heavy atom. The van der Waals surface area contributed by atoms with E-state index in [0.717, 1.165) is 25.7 Å². The lowest BCUT2D eigenvalue weighted by Crippen LogP contribution is -2.48. The van der Waals surface area contributed by atoms with E-state index >= 15 is 0 Å². The third kappa shape index (κ3) is 6.97. The smallest absolute Gasteiger partial charge is 0.269 e. The van der Waals surface area contributed by atoms with Crippen LogP contribution in [-0.4, -0.2) is 22.8 Å². The van der Waals surface area contributed by atoms with Gasteiger partial charge >= 0.3 is 0 Å². The molecule has 1 aliphatic carbocycles. The molecule has 8 heteroatoms. The van der Waals surface area contributed by atoms with Crippen LogP contribution >= 0.6 is 12.2 Å². The van der Waals surface area contributed by atoms with E-state index in [2.05, 4.69) is 21.5 Å². The minimum absolute atomic E-state index is 0.0400. The second kappa shape index (κ2) is 10.6. The summed E-state index contributed by atoms with van der Waals surface area (Å²) < 4.78 is 0. The van der Waals surface area contributed by atoms with Crippen molar-refractivity contribution in [3.8, 4) is 0 Å². The summed E-state index contributed by atoms with van der Waals surface area (Å²) in [5, 5.41) is 5.42. The Morgan fingerprint density at radius 2 is 1.70 bits per heavy atom. The third-order valence-electron chi connectivity index (χ3n) is 4.41. The van der Waals surface area contributed by atoms with Gasteiger partial charge in [-0.25, -0.2) is 0 Å². The highest BCUT2D eigenvalue weighted by atomic mass is 32.1. The molecule has 1 fully saturated rings. The molecule has 2 rings (SSSR count). The molecular weight excluding hydrogens is 364 g/mol. The van der Waals surface area contributed by atoms with E-state index in [-0.39, 0.29) is 22.8 Å². The summed E-state index contributed by atoms with van der Waals surface area (Å²) >= 11 is 4.94. The molecule has 146 valence electrons. The minimum Gasteiger partial charge on any atom is -0.326 e. The number of hydrogen-bond acceptors (Lipinski definition) is 4. The highest BCUT2D eigenvalue weighted by molar-refractivity contribution is 7.80. The summed E-state index contributed by atoms with van der Waals surface area (Å²) in [6, 6.07) is 6.62. The largest absolute Gasteiger partial charge is 0.326 e. The van der Waals surface area contributed by atoms with E-state index in [0.29, 0.717) is 24.1 Å². The highest BCUT2D eigenvalue weighted by Gasteiger charge is 2.21. The fourth-order valence-corrected chi connectivity index (χ4v) is 3.11. The zero-order valence-corrected chi connectivity index (χ0v) is 16.3. The molecular formula is C19H26N4O3S. The van der Waals surface area contributed by atoms with Crippen molar-refractivity contribution in [3.63, 3.8) is 0 Å². The predicted molar refractivity (Wildman–Crippen MR) is 108 cm³/mol. The quantitative estimate of drug-likeness (QED) is 0.458. The highest BCUT2D eigenvalue weighted by Crippen LogP contribution is 2.25. The molecule has 0 aliphatic heterocycles. The average molecular weight is 391 g/mol. The molecule has 1 aromatic rings. The van der Waals surface area contributed by atoms with Crippen molar-refractivity contribution >= 4 is 40.7 Å². The van der Waals surface area contributed by atoms with Crippen LogP contribution in [0.3, 0.4) is 0 Å². The van der Waals surface area contributed by atoms with Gasteiger partial charge in [0.2, 0.25) is 11.8 Å². The third-order valence-corrected chi connectivity index (χ3v) is 4.61. The van der Waals surface area contributed by atoms with Crippen LogP contribution in [0.25, 0.3) is 0 Å². The van der Waals surface area contributed by atoms with Crippen LogP contribution in [0.5, 0.6) is 0 Å². The van der Waals surface area contributed by atoms with Crippen molar-refractivity contribution in [2.45, 2.75) is 51.9 Å². The maximum atomic E-state index is 12.2. The number of hydrazine groups is 1. The normalized spacial score (nSPS) is 14.1. The van der Waals surface area contributed by atoms with Crippen LogP contribution in [0.1, 0.15) is 62.2 Å². The minimum atomic E-state index is -0.396. The fraction of sp³-hybridized carbons (Fsp3) is 0.474. The van der Waals surface area contributed by atoms with Crippen LogP contribution in [-0.2, 0) is 9.59 Å². The van der Waals surface area contributed by atoms with Gasteiger partial charge in [0.1, 0.15) is 0 Å². The van der Waals surface area contributed by atoms with Crippen molar-refractivity contribution in [2.75, 3.05) is 5.32 Å². The molecule has 1 aliphatic rings. The molecule has 0 unspecified atom stereocenters. The summed E-state index contributed by atoms with van der Waals surface area (Å²) in [6.07, 6.45) is 6.36. The topological polar surface area (TPSA) is 99.3 Å². The lowest BCUT2D eigenvalue weighted by atomic mass is 9.88. The second-order valence-electron chi connectivity index (χ2n) is 6.61. The molecule has 4 N–H and O–H groups in total. The molecule has 1 aromatic carbocycles. The zero-order valence-electron chi connectivity index (χ0n) is 15.5. The summed E-state index contributed by atoms with van der Waals surface area (Å²) in [5.41, 5.74) is 5.98. The molecule has 1 saturated carbocycles. The van der Waals surface area contributed by atoms with Crippen LogP contribution in [0, 0.1) is 5.92 Å². The monoisotopic (exact) mass is 390 g/mol. The van der Waals surface area contributed by atoms with Crippen molar-refractivity contribution in [1.82, 2.24) is 16.2 Å². The number of nitrogens with one attached hydrogen (secondary N) is 4. The van der Waals surface area contributed by atoms with E-state index < -0.39 is 5.91 Å². The Labute approximate surface area is 164 Å². The van der Waals surface area contributed by atoms with Crippen LogP contribution in [0.2, 0.25) is 0 Å². The number of amides is 3. The number of rotatable bonds is 5. The first kappa shape index (κ1) is 20.8. The summed E-state index contributed by atoms with van der Waals surface area (Å²) in [5.74, 6) is -0.480. The maximum Gasteiger partial charge on any atom is 0.269 e. The van der Waals surface area contributed by atoms with E-state index in [9.17, 15) is 14.4 Å². The molecule has 0 radical (unpaired) electrons. The first-order chi connectivity index (χ1) is 13.0. The SMILES string of the molecule is CCCC(=O)NC(=S)NNC(=O)c1ccc(NC(=O)C2CCCCC2)cc1. The Hall–Kier alpha value is -2.48. The van der Waals surface area contributed by atoms with Crippen LogP contribution in [0.15, 0.2) is 24.3 Å². The number of hydrogen-bond donors (Lipinski definition) is 4. The molecule has 27 heavy (non-hydrogen) atoms. The van der Waals surface area contributed by atoms with E-state index in [1.165, 1.54) is 6.42 Å². The number of anilines is 1. The zero-order chi connectivity index (χ0) is 19.6. The number of carbonyl (C=O) groups excluding carboxylic acids is 3. The second-order valence-corrected chi connectivity index (χ2v) is 7.02. The molecule has 0 bridgehead atoms. The van der Waals surface area contributed by atoms with Crippen molar-refractivity contribution in [3.05, 3.63) is 29.8 Å². The van der Waals surface area contributed by atoms with Crippen LogP contribution < -0.4 is 21.5 Å². The number of carbonyl (C=O) groups is 3. The molecule has 0 atom stereocenters.